The maximum Gasteiger partial charge on any atom is 0.340 e. The summed E-state index contributed by atoms with van der Waals surface area (Å²) >= 11 is 0. The Hall–Kier alpha value is -2.69. The van der Waals surface area contributed by atoms with E-state index in [4.69, 9.17) is 15.2 Å². The molecule has 0 radical (unpaired) electrons. The number of carbonyl (C=O) groups excluding carboxylic acids is 1. The molecule has 0 amide bonds. The molecule has 104 valence electrons. The summed E-state index contributed by atoms with van der Waals surface area (Å²) in [6, 6.07) is 12.4. The van der Waals surface area contributed by atoms with Crippen LogP contribution < -0.4 is 15.8 Å². The molecule has 0 saturated carbocycles. The maximum atomic E-state index is 11.8. The van der Waals surface area contributed by atoms with Crippen LogP contribution in [-0.4, -0.2) is 20.2 Å². The maximum absolute atomic E-state index is 11.8. The van der Waals surface area contributed by atoms with E-state index in [0.717, 1.165) is 5.69 Å². The molecule has 20 heavy (non-hydrogen) atoms. The van der Waals surface area contributed by atoms with Crippen molar-refractivity contribution in [2.24, 2.45) is 0 Å². The van der Waals surface area contributed by atoms with Gasteiger partial charge in [-0.1, -0.05) is 12.1 Å². The first-order valence-corrected chi connectivity index (χ1v) is 6.03. The van der Waals surface area contributed by atoms with Crippen LogP contribution in [0.3, 0.4) is 0 Å². The highest BCUT2D eigenvalue weighted by atomic mass is 16.5. The van der Waals surface area contributed by atoms with E-state index >= 15 is 0 Å². The molecule has 5 nitrogen and oxygen atoms in total. The van der Waals surface area contributed by atoms with Crippen LogP contribution in [0.4, 0.5) is 17.1 Å². The molecule has 0 spiro atoms. The van der Waals surface area contributed by atoms with Gasteiger partial charge in [-0.2, -0.15) is 0 Å². The number of nitrogens with one attached hydrogen (secondary N) is 1. The number of ether oxygens (including phenoxy) is 2. The molecule has 5 heteroatoms. The number of esters is 1. The Morgan fingerprint density at radius 3 is 2.55 bits per heavy atom. The molecule has 0 heterocycles. The minimum atomic E-state index is -0.449. The summed E-state index contributed by atoms with van der Waals surface area (Å²) in [7, 11) is 2.92. The third-order valence-electron chi connectivity index (χ3n) is 2.83. The van der Waals surface area contributed by atoms with Crippen molar-refractivity contribution in [2.45, 2.75) is 0 Å². The topological polar surface area (TPSA) is 73.6 Å². The number of benzene rings is 2. The number of carbonyl (C=O) groups is 1. The molecule has 3 N–H and O–H groups in total. The molecular formula is C15H16N2O3. The molecule has 2 rings (SSSR count). The summed E-state index contributed by atoms with van der Waals surface area (Å²) in [5.74, 6) is 0.231. The van der Waals surface area contributed by atoms with Crippen LogP contribution in [0.2, 0.25) is 0 Å². The van der Waals surface area contributed by atoms with E-state index in [-0.39, 0.29) is 0 Å². The molecule has 2 aromatic rings. The lowest BCUT2D eigenvalue weighted by molar-refractivity contribution is 0.0602. The fourth-order valence-electron chi connectivity index (χ4n) is 1.84. The predicted octanol–water partition coefficient (Wildman–Crippen LogP) is 2.81. The first-order chi connectivity index (χ1) is 9.65. The van der Waals surface area contributed by atoms with Crippen LogP contribution in [0.1, 0.15) is 10.4 Å². The highest BCUT2D eigenvalue weighted by molar-refractivity contribution is 5.97. The SMILES string of the molecule is COC(=O)c1cc(N)ccc1Nc1ccccc1OC. The van der Waals surface area contributed by atoms with Gasteiger partial charge < -0.3 is 20.5 Å². The van der Waals surface area contributed by atoms with Gasteiger partial charge in [0.15, 0.2) is 0 Å². The molecule has 0 aromatic heterocycles. The summed E-state index contributed by atoms with van der Waals surface area (Å²) in [4.78, 5) is 11.8. The van der Waals surface area contributed by atoms with E-state index in [0.29, 0.717) is 22.7 Å². The number of anilines is 3. The van der Waals surface area contributed by atoms with E-state index in [1.54, 1.807) is 25.3 Å². The van der Waals surface area contributed by atoms with Crippen LogP contribution in [0.15, 0.2) is 42.5 Å². The largest absolute Gasteiger partial charge is 0.495 e. The van der Waals surface area contributed by atoms with E-state index in [9.17, 15) is 4.79 Å². The second-order valence-corrected chi connectivity index (χ2v) is 4.12. The zero-order valence-corrected chi connectivity index (χ0v) is 11.3. The Bertz CT molecular complexity index is 626. The standard InChI is InChI=1S/C15H16N2O3/c1-19-14-6-4-3-5-13(14)17-12-8-7-10(16)9-11(12)15(18)20-2/h3-9,17H,16H2,1-2H3. The van der Waals surface area contributed by atoms with Gasteiger partial charge in [-0.25, -0.2) is 4.79 Å². The number of hydrogen-bond acceptors (Lipinski definition) is 5. The summed E-state index contributed by atoms with van der Waals surface area (Å²) in [5, 5.41) is 3.15. The van der Waals surface area contributed by atoms with Gasteiger partial charge in [0.25, 0.3) is 0 Å². The summed E-state index contributed by atoms with van der Waals surface area (Å²) < 4.78 is 10.0. The zero-order valence-electron chi connectivity index (χ0n) is 11.3. The fourth-order valence-corrected chi connectivity index (χ4v) is 1.84. The highest BCUT2D eigenvalue weighted by Crippen LogP contribution is 2.29. The summed E-state index contributed by atoms with van der Waals surface area (Å²) in [6.07, 6.45) is 0. The van der Waals surface area contributed by atoms with Crippen molar-refractivity contribution >= 4 is 23.0 Å². The Labute approximate surface area is 117 Å². The number of nitrogen functional groups attached to an aromatic ring is 1. The predicted molar refractivity (Wildman–Crippen MR) is 78.5 cm³/mol. The van der Waals surface area contributed by atoms with E-state index in [1.807, 2.05) is 24.3 Å². The van der Waals surface area contributed by atoms with Crippen LogP contribution in [-0.2, 0) is 4.74 Å². The Morgan fingerprint density at radius 1 is 1.10 bits per heavy atom. The van der Waals surface area contributed by atoms with Crippen LogP contribution >= 0.6 is 0 Å². The summed E-state index contributed by atoms with van der Waals surface area (Å²) in [6.45, 7) is 0. The quantitative estimate of drug-likeness (QED) is 0.661. The monoisotopic (exact) mass is 272 g/mol. The van der Waals surface area contributed by atoms with Crippen molar-refractivity contribution in [3.8, 4) is 5.75 Å². The van der Waals surface area contributed by atoms with Gasteiger partial charge in [0.05, 0.1) is 31.2 Å². The molecule has 0 unspecified atom stereocenters. The third kappa shape index (κ3) is 2.83. The lowest BCUT2D eigenvalue weighted by Gasteiger charge is -2.14. The van der Waals surface area contributed by atoms with Crippen LogP contribution in [0.5, 0.6) is 5.75 Å². The number of hydrogen-bond donors (Lipinski definition) is 2. The second kappa shape index (κ2) is 5.97. The fraction of sp³-hybridized carbons (Fsp3) is 0.133. The van der Waals surface area contributed by atoms with Gasteiger partial charge in [0.2, 0.25) is 0 Å². The molecule has 0 fully saturated rings. The van der Waals surface area contributed by atoms with Gasteiger partial charge in [0.1, 0.15) is 5.75 Å². The van der Waals surface area contributed by atoms with Gasteiger partial charge in [-0.05, 0) is 30.3 Å². The number of methoxy groups -OCH3 is 2. The molecule has 0 atom stereocenters. The first kappa shape index (κ1) is 13.7. The van der Waals surface area contributed by atoms with Crippen molar-refractivity contribution in [2.75, 3.05) is 25.3 Å². The van der Waals surface area contributed by atoms with E-state index in [2.05, 4.69) is 5.32 Å². The van der Waals surface area contributed by atoms with Crippen molar-refractivity contribution in [3.63, 3.8) is 0 Å². The van der Waals surface area contributed by atoms with Crippen molar-refractivity contribution in [1.82, 2.24) is 0 Å². The first-order valence-electron chi connectivity index (χ1n) is 6.03. The highest BCUT2D eigenvalue weighted by Gasteiger charge is 2.13. The Kier molecular flexibility index (Phi) is 4.10. The smallest absolute Gasteiger partial charge is 0.340 e. The number of nitrogens with two attached hydrogens (primary N) is 1. The van der Waals surface area contributed by atoms with Crippen molar-refractivity contribution in [1.29, 1.82) is 0 Å². The third-order valence-corrected chi connectivity index (χ3v) is 2.83. The average molecular weight is 272 g/mol. The normalized spacial score (nSPS) is 9.90. The lowest BCUT2D eigenvalue weighted by atomic mass is 10.1. The van der Waals surface area contributed by atoms with Crippen LogP contribution in [0, 0.1) is 0 Å². The Morgan fingerprint density at radius 2 is 1.85 bits per heavy atom. The molecule has 0 aliphatic carbocycles. The van der Waals surface area contributed by atoms with Gasteiger partial charge in [0, 0.05) is 5.69 Å². The van der Waals surface area contributed by atoms with E-state index < -0.39 is 5.97 Å². The lowest BCUT2D eigenvalue weighted by Crippen LogP contribution is -2.07. The van der Waals surface area contributed by atoms with Crippen molar-refractivity contribution in [3.05, 3.63) is 48.0 Å². The van der Waals surface area contributed by atoms with E-state index in [1.165, 1.54) is 7.11 Å². The number of para-hydroxylation sites is 2. The average Bonchev–Trinajstić information content (AvgIpc) is 2.48. The minimum absolute atomic E-state index is 0.374. The molecule has 0 aliphatic heterocycles. The summed E-state index contributed by atoms with van der Waals surface area (Å²) in [5.41, 5.74) is 7.94. The molecular weight excluding hydrogens is 256 g/mol. The molecule has 2 aromatic carbocycles. The molecule has 0 aliphatic rings. The second-order valence-electron chi connectivity index (χ2n) is 4.12. The number of rotatable bonds is 4. The zero-order chi connectivity index (χ0) is 14.5. The van der Waals surface area contributed by atoms with Crippen molar-refractivity contribution < 1.29 is 14.3 Å². The van der Waals surface area contributed by atoms with Gasteiger partial charge >= 0.3 is 5.97 Å². The van der Waals surface area contributed by atoms with Gasteiger partial charge in [-0.15, -0.1) is 0 Å². The van der Waals surface area contributed by atoms with Gasteiger partial charge in [-0.3, -0.25) is 0 Å². The minimum Gasteiger partial charge on any atom is -0.495 e. The Balaban J connectivity index is 2.40. The molecule has 0 bridgehead atoms. The van der Waals surface area contributed by atoms with Crippen LogP contribution in [0.25, 0.3) is 0 Å². The molecule has 0 saturated heterocycles.